The number of halogens is 4. The quantitative estimate of drug-likeness (QED) is 0.438. The van der Waals surface area contributed by atoms with Crippen LogP contribution >= 0.6 is 11.6 Å². The van der Waals surface area contributed by atoms with Gasteiger partial charge in [0.1, 0.15) is 18.8 Å². The van der Waals surface area contributed by atoms with E-state index in [0.29, 0.717) is 6.07 Å². The number of nitrogens with one attached hydrogen (secondary N) is 1. The molecule has 2 unspecified atom stereocenters. The Balaban J connectivity index is 1.34. The summed E-state index contributed by atoms with van der Waals surface area (Å²) >= 11 is 5.86. The fourth-order valence-electron chi connectivity index (χ4n) is 4.10. The first-order chi connectivity index (χ1) is 16.2. The zero-order valence-corrected chi connectivity index (χ0v) is 18.5. The molecule has 1 aliphatic carbocycles. The predicted octanol–water partition coefficient (Wildman–Crippen LogP) is 5.29. The molecule has 0 bridgehead atoms. The van der Waals surface area contributed by atoms with E-state index in [0.717, 1.165) is 34.4 Å². The highest BCUT2D eigenvalue weighted by Gasteiger charge is 2.32. The molecule has 0 heterocycles. The van der Waals surface area contributed by atoms with Gasteiger partial charge in [0.05, 0.1) is 5.56 Å². The molecule has 34 heavy (non-hydrogen) atoms. The van der Waals surface area contributed by atoms with Crippen molar-refractivity contribution in [2.24, 2.45) is 0 Å². The predicted molar refractivity (Wildman–Crippen MR) is 120 cm³/mol. The number of carbonyl (C=O) groups is 1. The molecule has 0 fully saturated rings. The first-order valence-electron chi connectivity index (χ1n) is 10.5. The van der Waals surface area contributed by atoms with E-state index < -0.39 is 36.6 Å². The topological polar surface area (TPSA) is 78.8 Å². The monoisotopic (exact) mass is 491 g/mol. The van der Waals surface area contributed by atoms with Crippen molar-refractivity contribution in [2.45, 2.75) is 24.3 Å². The minimum absolute atomic E-state index is 0.0727. The summed E-state index contributed by atoms with van der Waals surface area (Å²) < 4.78 is 43.7. The summed E-state index contributed by atoms with van der Waals surface area (Å²) in [6.07, 6.45) is -8.51. The molecule has 5 nitrogen and oxygen atoms in total. The molecule has 3 N–H and O–H groups in total. The Labute approximate surface area is 198 Å². The summed E-state index contributed by atoms with van der Waals surface area (Å²) in [5, 5.41) is 22.5. The minimum Gasteiger partial charge on any atom is -0.449 e. The van der Waals surface area contributed by atoms with Crippen LogP contribution in [0.3, 0.4) is 0 Å². The fraction of sp³-hybridized carbons (Fsp3) is 0.240. The summed E-state index contributed by atoms with van der Waals surface area (Å²) in [6.45, 7) is -0.321. The summed E-state index contributed by atoms with van der Waals surface area (Å²) in [4.78, 5) is 12.2. The van der Waals surface area contributed by atoms with Gasteiger partial charge in [0, 0.05) is 23.0 Å². The number of alkyl halides is 3. The lowest BCUT2D eigenvalue weighted by Crippen LogP contribution is -2.36. The molecule has 2 atom stereocenters. The van der Waals surface area contributed by atoms with Crippen molar-refractivity contribution in [1.82, 2.24) is 5.32 Å². The molecule has 1 amide bonds. The Morgan fingerprint density at radius 3 is 2.15 bits per heavy atom. The highest BCUT2D eigenvalue weighted by Crippen LogP contribution is 2.44. The zero-order chi connectivity index (χ0) is 24.5. The molecule has 0 saturated heterocycles. The number of hydrogen-bond acceptors (Lipinski definition) is 4. The second kappa shape index (κ2) is 9.66. The Bertz CT molecular complexity index is 1160. The van der Waals surface area contributed by atoms with E-state index in [9.17, 15) is 28.2 Å². The van der Waals surface area contributed by atoms with Crippen molar-refractivity contribution in [3.8, 4) is 11.1 Å². The van der Waals surface area contributed by atoms with Gasteiger partial charge in [0.15, 0.2) is 0 Å². The van der Waals surface area contributed by atoms with Crippen LogP contribution in [-0.2, 0) is 10.9 Å². The maximum Gasteiger partial charge on any atom is 0.416 e. The van der Waals surface area contributed by atoms with Gasteiger partial charge in [0.2, 0.25) is 0 Å². The van der Waals surface area contributed by atoms with Gasteiger partial charge in [-0.25, -0.2) is 4.79 Å². The van der Waals surface area contributed by atoms with Gasteiger partial charge in [-0.2, -0.15) is 13.2 Å². The van der Waals surface area contributed by atoms with Crippen LogP contribution in [0.4, 0.5) is 18.0 Å². The van der Waals surface area contributed by atoms with Crippen LogP contribution in [0.25, 0.3) is 11.1 Å². The van der Waals surface area contributed by atoms with E-state index >= 15 is 0 Å². The molecule has 0 aromatic heterocycles. The van der Waals surface area contributed by atoms with Crippen molar-refractivity contribution in [2.75, 3.05) is 13.2 Å². The van der Waals surface area contributed by atoms with Crippen LogP contribution < -0.4 is 5.32 Å². The second-order valence-corrected chi connectivity index (χ2v) is 8.36. The van der Waals surface area contributed by atoms with Gasteiger partial charge in [0.25, 0.3) is 0 Å². The number of ether oxygens (including phenoxy) is 1. The molecular formula is C25H21ClF3NO4. The normalized spacial score (nSPS) is 14.8. The SMILES string of the molecule is O=C(NCC(O)C(O)c1ccc(C(F)(F)F)cc1Cl)OCC1c2ccccc2-c2ccccc21. The van der Waals surface area contributed by atoms with Gasteiger partial charge in [-0.05, 0) is 34.4 Å². The molecule has 3 aromatic carbocycles. The smallest absolute Gasteiger partial charge is 0.416 e. The average Bonchev–Trinajstić information content (AvgIpc) is 3.14. The Hall–Kier alpha value is -3.07. The fourth-order valence-corrected chi connectivity index (χ4v) is 4.39. The van der Waals surface area contributed by atoms with Crippen molar-refractivity contribution >= 4 is 17.7 Å². The average molecular weight is 492 g/mol. The van der Waals surface area contributed by atoms with Crippen LogP contribution in [0, 0.1) is 0 Å². The van der Waals surface area contributed by atoms with E-state index in [-0.39, 0.29) is 23.1 Å². The van der Waals surface area contributed by atoms with Crippen molar-refractivity contribution in [3.05, 3.63) is 94.0 Å². The van der Waals surface area contributed by atoms with Crippen LogP contribution in [0.1, 0.15) is 34.3 Å². The number of aliphatic hydroxyl groups excluding tert-OH is 2. The van der Waals surface area contributed by atoms with Crippen LogP contribution in [0.5, 0.6) is 0 Å². The number of rotatable bonds is 6. The van der Waals surface area contributed by atoms with Gasteiger partial charge in [-0.1, -0.05) is 66.2 Å². The number of benzene rings is 3. The van der Waals surface area contributed by atoms with Crippen molar-refractivity contribution in [1.29, 1.82) is 0 Å². The largest absolute Gasteiger partial charge is 0.449 e. The summed E-state index contributed by atoms with van der Waals surface area (Å²) in [5.74, 6) is -0.139. The number of alkyl carbamates (subject to hydrolysis) is 1. The van der Waals surface area contributed by atoms with Gasteiger partial charge in [-0.3, -0.25) is 0 Å². The standard InChI is InChI=1S/C25H21ClF3NO4/c26-21-11-14(25(27,28)29)9-10-19(21)23(32)22(31)12-30-24(33)34-13-20-17-7-3-1-5-15(17)16-6-2-4-8-18(16)20/h1-11,20,22-23,31-32H,12-13H2,(H,30,33). The molecule has 0 saturated carbocycles. The molecule has 3 aromatic rings. The van der Waals surface area contributed by atoms with E-state index in [1.807, 2.05) is 48.5 Å². The number of amides is 1. The van der Waals surface area contributed by atoms with Gasteiger partial charge < -0.3 is 20.3 Å². The minimum atomic E-state index is -4.59. The summed E-state index contributed by atoms with van der Waals surface area (Å²) in [7, 11) is 0. The second-order valence-electron chi connectivity index (χ2n) is 7.95. The lowest BCUT2D eigenvalue weighted by molar-refractivity contribution is -0.137. The number of carbonyl (C=O) groups excluding carboxylic acids is 1. The molecular weight excluding hydrogens is 471 g/mol. The molecule has 178 valence electrons. The highest BCUT2D eigenvalue weighted by atomic mass is 35.5. The van der Waals surface area contributed by atoms with Gasteiger partial charge in [-0.15, -0.1) is 0 Å². The first-order valence-corrected chi connectivity index (χ1v) is 10.9. The zero-order valence-electron chi connectivity index (χ0n) is 17.7. The van der Waals surface area contributed by atoms with E-state index in [2.05, 4.69) is 5.32 Å². The first kappa shape index (κ1) is 24.1. The van der Waals surface area contributed by atoms with E-state index in [1.165, 1.54) is 0 Å². The number of fused-ring (bicyclic) bond motifs is 3. The van der Waals surface area contributed by atoms with E-state index in [4.69, 9.17) is 16.3 Å². The third-order valence-corrected chi connectivity index (χ3v) is 6.14. The Morgan fingerprint density at radius 2 is 1.59 bits per heavy atom. The third kappa shape index (κ3) is 4.89. The maximum absolute atomic E-state index is 12.8. The van der Waals surface area contributed by atoms with Crippen LogP contribution in [0.2, 0.25) is 5.02 Å². The molecule has 9 heteroatoms. The summed E-state index contributed by atoms with van der Waals surface area (Å²) in [6, 6.07) is 18.1. The lowest BCUT2D eigenvalue weighted by atomic mass is 9.98. The molecule has 0 radical (unpaired) electrons. The van der Waals surface area contributed by atoms with E-state index in [1.54, 1.807) is 0 Å². The maximum atomic E-state index is 12.8. The molecule has 4 rings (SSSR count). The van der Waals surface area contributed by atoms with Crippen LogP contribution in [0.15, 0.2) is 66.7 Å². The third-order valence-electron chi connectivity index (χ3n) is 5.81. The number of aliphatic hydroxyl groups is 2. The van der Waals surface area contributed by atoms with Crippen molar-refractivity contribution < 1.29 is 32.9 Å². The summed E-state index contributed by atoms with van der Waals surface area (Å²) in [5.41, 5.74) is 3.20. The highest BCUT2D eigenvalue weighted by molar-refractivity contribution is 6.31. The van der Waals surface area contributed by atoms with Crippen molar-refractivity contribution in [3.63, 3.8) is 0 Å². The lowest BCUT2D eigenvalue weighted by Gasteiger charge is -2.21. The molecule has 1 aliphatic rings. The Morgan fingerprint density at radius 1 is 1.00 bits per heavy atom. The van der Waals surface area contributed by atoms with Crippen LogP contribution in [-0.4, -0.2) is 35.6 Å². The molecule has 0 spiro atoms. The number of hydrogen-bond donors (Lipinski definition) is 3. The Kier molecular flexibility index (Phi) is 6.84. The molecule has 0 aliphatic heterocycles. The van der Waals surface area contributed by atoms with Gasteiger partial charge >= 0.3 is 12.3 Å².